The summed E-state index contributed by atoms with van der Waals surface area (Å²) in [5.41, 5.74) is 0.510. The number of ether oxygens (including phenoxy) is 1. The van der Waals surface area contributed by atoms with Crippen LogP contribution in [-0.4, -0.2) is 39.8 Å². The monoisotopic (exact) mass is 257 g/mol. The average molecular weight is 257 g/mol. The highest BCUT2D eigenvalue weighted by Gasteiger charge is 2.40. The zero-order chi connectivity index (χ0) is 13.3. The first-order valence-corrected chi connectivity index (χ1v) is 8.87. The van der Waals surface area contributed by atoms with Crippen LogP contribution in [0.1, 0.15) is 27.2 Å². The molecule has 0 radical (unpaired) electrons. The van der Waals surface area contributed by atoms with Gasteiger partial charge in [0.1, 0.15) is 5.71 Å². The van der Waals surface area contributed by atoms with Crippen LogP contribution in [0.25, 0.3) is 0 Å². The molecule has 17 heavy (non-hydrogen) atoms. The molecule has 98 valence electrons. The Labute approximate surface area is 105 Å². The molecule has 0 saturated heterocycles. The van der Waals surface area contributed by atoms with E-state index >= 15 is 0 Å². The highest BCUT2D eigenvalue weighted by molar-refractivity contribution is 6.74. The summed E-state index contributed by atoms with van der Waals surface area (Å²) in [4.78, 5) is 15.5. The molecule has 1 unspecified atom stereocenters. The summed E-state index contributed by atoms with van der Waals surface area (Å²) in [7, 11) is -0.388. The Morgan fingerprint density at radius 2 is 2.00 bits per heavy atom. The van der Waals surface area contributed by atoms with Gasteiger partial charge in [-0.05, 0) is 18.1 Å². The average Bonchev–Trinajstić information content (AvgIpc) is 2.62. The van der Waals surface area contributed by atoms with Gasteiger partial charge in [-0.25, -0.2) is 4.79 Å². The Kier molecular flexibility index (Phi) is 4.14. The Hall–Kier alpha value is -0.683. The fraction of sp³-hybridized carbons (Fsp3) is 0.833. The standard InChI is InChI=1S/C12H23NO3Si/c1-12(2,3)17(5,6)16-9-7-10(13-8-9)11(14)15-4/h9H,7-8H2,1-6H3. The SMILES string of the molecule is COC(=O)C1=NCC(O[Si](C)(C)C(C)(C)C)C1. The van der Waals surface area contributed by atoms with Gasteiger partial charge < -0.3 is 9.16 Å². The van der Waals surface area contributed by atoms with Crippen LogP contribution in [0.3, 0.4) is 0 Å². The van der Waals surface area contributed by atoms with Crippen LogP contribution < -0.4 is 0 Å². The number of carbonyl (C=O) groups is 1. The molecule has 1 atom stereocenters. The molecule has 5 heteroatoms. The number of hydrogen-bond acceptors (Lipinski definition) is 4. The summed E-state index contributed by atoms with van der Waals surface area (Å²) in [5, 5.41) is 0.182. The van der Waals surface area contributed by atoms with Gasteiger partial charge >= 0.3 is 5.97 Å². The van der Waals surface area contributed by atoms with E-state index in [9.17, 15) is 4.79 Å². The predicted molar refractivity (Wildman–Crippen MR) is 71.0 cm³/mol. The summed E-state index contributed by atoms with van der Waals surface area (Å²) < 4.78 is 10.9. The molecule has 0 amide bonds. The molecule has 0 spiro atoms. The van der Waals surface area contributed by atoms with Gasteiger partial charge in [0.15, 0.2) is 8.32 Å². The van der Waals surface area contributed by atoms with E-state index in [0.29, 0.717) is 18.7 Å². The molecule has 0 aliphatic carbocycles. The smallest absolute Gasteiger partial charge is 0.352 e. The maximum atomic E-state index is 11.3. The molecule has 4 nitrogen and oxygen atoms in total. The van der Waals surface area contributed by atoms with E-state index in [0.717, 1.165) is 0 Å². The minimum atomic E-state index is -1.77. The van der Waals surface area contributed by atoms with Gasteiger partial charge in [-0.3, -0.25) is 4.99 Å². The molecule has 1 rings (SSSR count). The summed E-state index contributed by atoms with van der Waals surface area (Å²) in [6, 6.07) is 0. The van der Waals surface area contributed by atoms with Crippen molar-refractivity contribution in [2.75, 3.05) is 13.7 Å². The van der Waals surface area contributed by atoms with Gasteiger partial charge in [-0.1, -0.05) is 20.8 Å². The predicted octanol–water partition coefficient (Wildman–Crippen LogP) is 2.39. The van der Waals surface area contributed by atoms with E-state index in [1.807, 2.05) is 0 Å². The van der Waals surface area contributed by atoms with Crippen LogP contribution in [0, 0.1) is 0 Å². The van der Waals surface area contributed by atoms with Crippen LogP contribution in [0.4, 0.5) is 0 Å². The molecule has 0 bridgehead atoms. The Morgan fingerprint density at radius 3 is 2.47 bits per heavy atom. The van der Waals surface area contributed by atoms with Gasteiger partial charge in [-0.15, -0.1) is 0 Å². The lowest BCUT2D eigenvalue weighted by Gasteiger charge is -2.38. The second-order valence-electron chi connectivity index (χ2n) is 5.98. The molecule has 1 aliphatic rings. The number of methoxy groups -OCH3 is 1. The number of nitrogens with zero attached hydrogens (tertiary/aromatic N) is 1. The van der Waals surface area contributed by atoms with E-state index in [4.69, 9.17) is 4.43 Å². The number of carbonyl (C=O) groups excluding carboxylic acids is 1. The van der Waals surface area contributed by atoms with Crippen molar-refractivity contribution in [3.05, 3.63) is 0 Å². The van der Waals surface area contributed by atoms with E-state index < -0.39 is 8.32 Å². The maximum absolute atomic E-state index is 11.3. The molecule has 0 aromatic rings. The van der Waals surface area contributed by atoms with Crippen LogP contribution in [0.15, 0.2) is 4.99 Å². The molecule has 0 aromatic carbocycles. The first-order chi connectivity index (χ1) is 7.67. The molecule has 1 heterocycles. The molecule has 0 aromatic heterocycles. The fourth-order valence-electron chi connectivity index (χ4n) is 1.49. The molecule has 1 aliphatic heterocycles. The van der Waals surface area contributed by atoms with E-state index in [1.54, 1.807) is 0 Å². The second-order valence-corrected chi connectivity index (χ2v) is 10.7. The lowest BCUT2D eigenvalue weighted by molar-refractivity contribution is -0.132. The Morgan fingerprint density at radius 1 is 1.41 bits per heavy atom. The molecule has 0 N–H and O–H groups in total. The first kappa shape index (κ1) is 14.4. The lowest BCUT2D eigenvalue weighted by atomic mass is 10.2. The third-order valence-corrected chi connectivity index (χ3v) is 8.13. The first-order valence-electron chi connectivity index (χ1n) is 5.97. The van der Waals surface area contributed by atoms with Crippen LogP contribution in [-0.2, 0) is 14.0 Å². The minimum Gasteiger partial charge on any atom is -0.465 e. The highest BCUT2D eigenvalue weighted by atomic mass is 28.4. The topological polar surface area (TPSA) is 47.9 Å². The third-order valence-electron chi connectivity index (χ3n) is 3.60. The van der Waals surface area contributed by atoms with Crippen molar-refractivity contribution >= 4 is 20.0 Å². The van der Waals surface area contributed by atoms with E-state index in [2.05, 4.69) is 43.6 Å². The largest absolute Gasteiger partial charge is 0.465 e. The zero-order valence-corrected chi connectivity index (χ0v) is 12.7. The molecular formula is C12H23NO3Si. The van der Waals surface area contributed by atoms with Gasteiger partial charge in [0, 0.05) is 6.42 Å². The van der Waals surface area contributed by atoms with Crippen LogP contribution in [0.5, 0.6) is 0 Å². The summed E-state index contributed by atoms with van der Waals surface area (Å²) in [6.07, 6.45) is 0.629. The van der Waals surface area contributed by atoms with Gasteiger partial charge in [0.2, 0.25) is 0 Å². The molecule has 0 fully saturated rings. The highest BCUT2D eigenvalue weighted by Crippen LogP contribution is 2.38. The Balaban J connectivity index is 2.56. The lowest BCUT2D eigenvalue weighted by Crippen LogP contribution is -2.44. The fourth-order valence-corrected chi connectivity index (χ4v) is 2.84. The summed E-state index contributed by atoms with van der Waals surface area (Å²) in [5.74, 6) is -0.327. The summed E-state index contributed by atoms with van der Waals surface area (Å²) >= 11 is 0. The van der Waals surface area contributed by atoms with Crippen LogP contribution >= 0.6 is 0 Å². The number of rotatable bonds is 3. The quantitative estimate of drug-likeness (QED) is 0.576. The summed E-state index contributed by atoms with van der Waals surface area (Å²) in [6.45, 7) is 11.6. The van der Waals surface area contributed by atoms with Crippen molar-refractivity contribution < 1.29 is 14.0 Å². The maximum Gasteiger partial charge on any atom is 0.352 e. The second kappa shape index (κ2) is 4.90. The minimum absolute atomic E-state index is 0.0463. The number of esters is 1. The normalized spacial score (nSPS) is 21.3. The van der Waals surface area contributed by atoms with E-state index in [1.165, 1.54) is 7.11 Å². The molecule has 0 saturated carbocycles. The molecular weight excluding hydrogens is 234 g/mol. The Bertz CT molecular complexity index is 331. The van der Waals surface area contributed by atoms with Gasteiger partial charge in [0.25, 0.3) is 0 Å². The van der Waals surface area contributed by atoms with Crippen molar-refractivity contribution in [1.29, 1.82) is 0 Å². The van der Waals surface area contributed by atoms with Gasteiger partial charge in [0.05, 0.1) is 19.8 Å². The number of aliphatic imine (C=N–C) groups is 1. The zero-order valence-electron chi connectivity index (χ0n) is 11.7. The third kappa shape index (κ3) is 3.39. The van der Waals surface area contributed by atoms with Gasteiger partial charge in [-0.2, -0.15) is 0 Å². The number of hydrogen-bond donors (Lipinski definition) is 0. The van der Waals surface area contributed by atoms with Crippen molar-refractivity contribution in [3.8, 4) is 0 Å². The van der Waals surface area contributed by atoms with Crippen LogP contribution in [0.2, 0.25) is 18.1 Å². The van der Waals surface area contributed by atoms with Crippen molar-refractivity contribution in [2.45, 2.75) is 51.4 Å². The van der Waals surface area contributed by atoms with Crippen molar-refractivity contribution in [2.24, 2.45) is 4.99 Å². The van der Waals surface area contributed by atoms with Crippen molar-refractivity contribution in [3.63, 3.8) is 0 Å². The van der Waals surface area contributed by atoms with Crippen molar-refractivity contribution in [1.82, 2.24) is 0 Å². The van der Waals surface area contributed by atoms with E-state index in [-0.39, 0.29) is 17.1 Å².